The van der Waals surface area contributed by atoms with Crippen LogP contribution in [0.3, 0.4) is 0 Å². The Morgan fingerprint density at radius 3 is 2.65 bits per heavy atom. The number of para-hydroxylation sites is 1. The predicted octanol–water partition coefficient (Wildman–Crippen LogP) is 4.41. The van der Waals surface area contributed by atoms with Gasteiger partial charge in [0.05, 0.1) is 0 Å². The highest BCUT2D eigenvalue weighted by atomic mass is 79.9. The molecule has 20 heavy (non-hydrogen) atoms. The van der Waals surface area contributed by atoms with Crippen LogP contribution in [0.2, 0.25) is 0 Å². The Bertz CT molecular complexity index is 597. The molecule has 0 aliphatic carbocycles. The van der Waals surface area contributed by atoms with Crippen LogP contribution in [0.25, 0.3) is 0 Å². The van der Waals surface area contributed by atoms with Crippen LogP contribution in [0, 0.1) is 11.6 Å². The Morgan fingerprint density at radius 2 is 2.00 bits per heavy atom. The van der Waals surface area contributed by atoms with Gasteiger partial charge in [-0.3, -0.25) is 0 Å². The van der Waals surface area contributed by atoms with Gasteiger partial charge in [-0.25, -0.2) is 8.78 Å². The molecule has 1 atom stereocenters. The van der Waals surface area contributed by atoms with Gasteiger partial charge in [0, 0.05) is 16.6 Å². The SMILES string of the molecule is CC(N)Cc1cccc(F)c1Oc1cc(F)cc(Br)c1. The molecule has 0 heterocycles. The van der Waals surface area contributed by atoms with Gasteiger partial charge in [0.15, 0.2) is 11.6 Å². The van der Waals surface area contributed by atoms with Crippen molar-refractivity contribution in [2.45, 2.75) is 19.4 Å². The van der Waals surface area contributed by atoms with Crippen molar-refractivity contribution in [3.63, 3.8) is 0 Å². The van der Waals surface area contributed by atoms with Crippen LogP contribution in [-0.2, 0) is 6.42 Å². The average molecular weight is 342 g/mol. The molecule has 1 unspecified atom stereocenters. The highest BCUT2D eigenvalue weighted by molar-refractivity contribution is 9.10. The molecule has 0 amide bonds. The molecule has 0 aliphatic heterocycles. The van der Waals surface area contributed by atoms with Crippen molar-refractivity contribution in [1.82, 2.24) is 0 Å². The molecule has 2 rings (SSSR count). The van der Waals surface area contributed by atoms with Gasteiger partial charge in [-0.05, 0) is 37.1 Å². The van der Waals surface area contributed by atoms with Crippen molar-refractivity contribution < 1.29 is 13.5 Å². The molecule has 0 spiro atoms. The van der Waals surface area contributed by atoms with E-state index >= 15 is 0 Å². The van der Waals surface area contributed by atoms with Crippen molar-refractivity contribution in [3.05, 3.63) is 58.1 Å². The molecule has 2 aromatic rings. The zero-order valence-electron chi connectivity index (χ0n) is 10.9. The number of benzene rings is 2. The van der Waals surface area contributed by atoms with Crippen LogP contribution >= 0.6 is 15.9 Å². The summed E-state index contributed by atoms with van der Waals surface area (Å²) in [4.78, 5) is 0. The van der Waals surface area contributed by atoms with E-state index in [-0.39, 0.29) is 17.5 Å². The third kappa shape index (κ3) is 3.77. The third-order valence-corrected chi connectivity index (χ3v) is 3.10. The highest BCUT2D eigenvalue weighted by Crippen LogP contribution is 2.31. The first kappa shape index (κ1) is 14.9. The number of ether oxygens (including phenoxy) is 1. The maximum atomic E-state index is 13.9. The zero-order chi connectivity index (χ0) is 14.7. The minimum Gasteiger partial charge on any atom is -0.454 e. The first-order valence-electron chi connectivity index (χ1n) is 6.12. The van der Waals surface area contributed by atoms with Crippen molar-refractivity contribution in [3.8, 4) is 11.5 Å². The molecule has 2 aromatic carbocycles. The van der Waals surface area contributed by atoms with Gasteiger partial charge in [-0.2, -0.15) is 0 Å². The number of hydrogen-bond acceptors (Lipinski definition) is 2. The molecule has 0 aromatic heterocycles. The summed E-state index contributed by atoms with van der Waals surface area (Å²) in [5, 5.41) is 0. The molecule has 5 heteroatoms. The highest BCUT2D eigenvalue weighted by Gasteiger charge is 2.13. The van der Waals surface area contributed by atoms with Gasteiger partial charge in [0.25, 0.3) is 0 Å². The second-order valence-electron chi connectivity index (χ2n) is 4.62. The van der Waals surface area contributed by atoms with Crippen LogP contribution in [0.5, 0.6) is 11.5 Å². The Labute approximate surface area is 124 Å². The molecule has 2 N–H and O–H groups in total. The fourth-order valence-electron chi connectivity index (χ4n) is 1.88. The van der Waals surface area contributed by atoms with Crippen LogP contribution < -0.4 is 10.5 Å². The van der Waals surface area contributed by atoms with Crippen LogP contribution in [0.4, 0.5) is 8.78 Å². The van der Waals surface area contributed by atoms with Gasteiger partial charge in [0.1, 0.15) is 11.6 Å². The molecule has 0 radical (unpaired) electrons. The lowest BCUT2D eigenvalue weighted by molar-refractivity contribution is 0.431. The summed E-state index contributed by atoms with van der Waals surface area (Å²) in [5.41, 5.74) is 6.39. The maximum absolute atomic E-state index is 13.9. The minimum atomic E-state index is -0.497. The lowest BCUT2D eigenvalue weighted by Crippen LogP contribution is -2.18. The van der Waals surface area contributed by atoms with Gasteiger partial charge < -0.3 is 10.5 Å². The summed E-state index contributed by atoms with van der Waals surface area (Å²) in [6.45, 7) is 1.83. The number of nitrogens with two attached hydrogens (primary N) is 1. The van der Waals surface area contributed by atoms with E-state index in [1.165, 1.54) is 18.2 Å². The lowest BCUT2D eigenvalue weighted by Gasteiger charge is -2.14. The van der Waals surface area contributed by atoms with E-state index in [9.17, 15) is 8.78 Å². The summed E-state index contributed by atoms with van der Waals surface area (Å²) in [6, 6.07) is 8.60. The van der Waals surface area contributed by atoms with Gasteiger partial charge in [-0.1, -0.05) is 28.1 Å². The van der Waals surface area contributed by atoms with Crippen molar-refractivity contribution in [1.29, 1.82) is 0 Å². The molecule has 0 fully saturated rings. The van der Waals surface area contributed by atoms with E-state index in [2.05, 4.69) is 15.9 Å². The topological polar surface area (TPSA) is 35.2 Å². The van der Waals surface area contributed by atoms with Gasteiger partial charge in [0.2, 0.25) is 0 Å². The molecule has 0 saturated heterocycles. The smallest absolute Gasteiger partial charge is 0.166 e. The zero-order valence-corrected chi connectivity index (χ0v) is 12.5. The van der Waals surface area contributed by atoms with Crippen LogP contribution in [-0.4, -0.2) is 6.04 Å². The molecule has 0 bridgehead atoms. The molecular formula is C15H14BrF2NO. The number of rotatable bonds is 4. The van der Waals surface area contributed by atoms with Gasteiger partial charge in [-0.15, -0.1) is 0 Å². The Kier molecular flexibility index (Phi) is 4.73. The van der Waals surface area contributed by atoms with Crippen molar-refractivity contribution >= 4 is 15.9 Å². The van der Waals surface area contributed by atoms with E-state index < -0.39 is 11.6 Å². The standard InChI is InChI=1S/C15H14BrF2NO/c1-9(19)5-10-3-2-4-14(18)15(10)20-13-7-11(16)6-12(17)8-13/h2-4,6-9H,5,19H2,1H3. The number of halogens is 3. The van der Waals surface area contributed by atoms with E-state index in [4.69, 9.17) is 10.5 Å². The normalized spacial score (nSPS) is 12.2. The van der Waals surface area contributed by atoms with Crippen molar-refractivity contribution in [2.75, 3.05) is 0 Å². The first-order valence-corrected chi connectivity index (χ1v) is 6.92. The predicted molar refractivity (Wildman–Crippen MR) is 77.9 cm³/mol. The van der Waals surface area contributed by atoms with Crippen LogP contribution in [0.1, 0.15) is 12.5 Å². The molecule has 2 nitrogen and oxygen atoms in total. The molecule has 106 valence electrons. The lowest BCUT2D eigenvalue weighted by atomic mass is 10.1. The fraction of sp³-hybridized carbons (Fsp3) is 0.200. The maximum Gasteiger partial charge on any atom is 0.166 e. The monoisotopic (exact) mass is 341 g/mol. The Hall–Kier alpha value is -1.46. The van der Waals surface area contributed by atoms with Gasteiger partial charge >= 0.3 is 0 Å². The van der Waals surface area contributed by atoms with E-state index in [1.54, 1.807) is 18.2 Å². The fourth-order valence-corrected chi connectivity index (χ4v) is 2.33. The average Bonchev–Trinajstić information content (AvgIpc) is 2.31. The Morgan fingerprint density at radius 1 is 1.25 bits per heavy atom. The van der Waals surface area contributed by atoms with E-state index in [0.717, 1.165) is 0 Å². The van der Waals surface area contributed by atoms with E-state index in [0.29, 0.717) is 16.5 Å². The molecular weight excluding hydrogens is 328 g/mol. The summed E-state index contributed by atoms with van der Waals surface area (Å²) in [7, 11) is 0. The Balaban J connectivity index is 2.36. The quantitative estimate of drug-likeness (QED) is 0.893. The van der Waals surface area contributed by atoms with Crippen molar-refractivity contribution in [2.24, 2.45) is 5.73 Å². The summed E-state index contributed by atoms with van der Waals surface area (Å²) in [6.07, 6.45) is 0.476. The van der Waals surface area contributed by atoms with E-state index in [1.807, 2.05) is 6.92 Å². The second-order valence-corrected chi connectivity index (χ2v) is 5.53. The summed E-state index contributed by atoms with van der Waals surface area (Å²) in [5.74, 6) is -0.641. The minimum absolute atomic E-state index is 0.0855. The summed E-state index contributed by atoms with van der Waals surface area (Å²) >= 11 is 3.17. The molecule has 0 aliphatic rings. The van der Waals surface area contributed by atoms with Crippen LogP contribution in [0.15, 0.2) is 40.9 Å². The molecule has 0 saturated carbocycles. The largest absolute Gasteiger partial charge is 0.454 e. The third-order valence-electron chi connectivity index (χ3n) is 2.65. The number of hydrogen-bond donors (Lipinski definition) is 1. The second kappa shape index (κ2) is 6.33. The summed E-state index contributed by atoms with van der Waals surface area (Å²) < 4.78 is 33.3. The first-order chi connectivity index (χ1) is 9.45.